The Bertz CT molecular complexity index is 639. The average molecular weight is 449 g/mol. The van der Waals surface area contributed by atoms with E-state index in [0.717, 1.165) is 50.5 Å². The third-order valence-corrected chi connectivity index (χ3v) is 6.38. The van der Waals surface area contributed by atoms with Crippen LogP contribution >= 0.6 is 0 Å². The molecule has 0 heterocycles. The van der Waals surface area contributed by atoms with E-state index in [-0.39, 0.29) is 11.5 Å². The molecular formula is C28H48O4. The summed E-state index contributed by atoms with van der Waals surface area (Å²) >= 11 is 0. The van der Waals surface area contributed by atoms with Gasteiger partial charge in [-0.1, -0.05) is 97.8 Å². The number of benzene rings is 1. The Morgan fingerprint density at radius 3 is 1.59 bits per heavy atom. The maximum absolute atomic E-state index is 11.2. The zero-order valence-electron chi connectivity index (χ0n) is 21.0. The molecule has 0 unspecified atom stereocenters. The van der Waals surface area contributed by atoms with Crippen LogP contribution in [0.5, 0.6) is 11.5 Å². The Balaban J connectivity index is 3.08. The van der Waals surface area contributed by atoms with Gasteiger partial charge in [0.1, 0.15) is 0 Å². The van der Waals surface area contributed by atoms with E-state index in [2.05, 4.69) is 20.8 Å². The van der Waals surface area contributed by atoms with Crippen molar-refractivity contribution in [3.8, 4) is 11.5 Å². The van der Waals surface area contributed by atoms with Crippen LogP contribution in [0.15, 0.2) is 6.07 Å². The van der Waals surface area contributed by atoms with E-state index in [4.69, 9.17) is 4.74 Å². The number of ether oxygens (including phenoxy) is 1. The molecule has 0 saturated heterocycles. The molecule has 1 aromatic carbocycles. The average Bonchev–Trinajstić information content (AvgIpc) is 2.76. The van der Waals surface area contributed by atoms with Crippen molar-refractivity contribution >= 4 is 6.16 Å². The molecule has 32 heavy (non-hydrogen) atoms. The fraction of sp³-hybridized carbons (Fsp3) is 0.750. The fourth-order valence-corrected chi connectivity index (χ4v) is 4.50. The van der Waals surface area contributed by atoms with Crippen molar-refractivity contribution in [2.24, 2.45) is 0 Å². The monoisotopic (exact) mass is 448 g/mol. The number of unbranched alkanes of at least 4 members (excludes halogenated alkanes) is 12. The first kappa shape index (κ1) is 28.3. The van der Waals surface area contributed by atoms with Crippen molar-refractivity contribution in [1.29, 1.82) is 0 Å². The quantitative estimate of drug-likeness (QED) is 0.126. The summed E-state index contributed by atoms with van der Waals surface area (Å²) in [5.74, 6) is 0.153. The van der Waals surface area contributed by atoms with Gasteiger partial charge in [0.25, 0.3) is 0 Å². The molecule has 0 fully saturated rings. The van der Waals surface area contributed by atoms with Crippen molar-refractivity contribution in [2.75, 3.05) is 0 Å². The molecule has 0 bridgehead atoms. The van der Waals surface area contributed by atoms with Crippen molar-refractivity contribution in [3.63, 3.8) is 0 Å². The first-order valence-corrected chi connectivity index (χ1v) is 13.3. The summed E-state index contributed by atoms with van der Waals surface area (Å²) in [5, 5.41) is 20.1. The third-order valence-electron chi connectivity index (χ3n) is 6.38. The predicted octanol–water partition coefficient (Wildman–Crippen LogP) is 8.99. The van der Waals surface area contributed by atoms with Crippen molar-refractivity contribution < 1.29 is 19.7 Å². The molecule has 1 aromatic rings. The minimum absolute atomic E-state index is 0.0428. The number of phenols is 1. The molecule has 0 amide bonds. The highest BCUT2D eigenvalue weighted by Crippen LogP contribution is 2.38. The SMILES string of the molecule is CCCCCCCc1cc(OC(=O)O)c(O)c(CCCCCCC)c1CCCCCCC. The van der Waals surface area contributed by atoms with Gasteiger partial charge in [-0.15, -0.1) is 0 Å². The standard InChI is InChI=1S/C28H48O4/c1-4-7-10-13-16-19-23-22-26(32-28(30)31)27(29)25(21-18-15-12-9-6-3)24(23)20-17-14-11-8-5-2/h22,29H,4-21H2,1-3H3,(H,30,31). The number of carbonyl (C=O) groups is 1. The maximum atomic E-state index is 11.2. The van der Waals surface area contributed by atoms with Crippen LogP contribution in [0.2, 0.25) is 0 Å². The second kappa shape index (κ2) is 17.8. The van der Waals surface area contributed by atoms with E-state index in [1.807, 2.05) is 0 Å². The van der Waals surface area contributed by atoms with Gasteiger partial charge < -0.3 is 14.9 Å². The van der Waals surface area contributed by atoms with Gasteiger partial charge in [-0.05, 0) is 55.7 Å². The largest absolute Gasteiger partial charge is 0.511 e. The minimum Gasteiger partial charge on any atom is -0.504 e. The Labute approximate surface area is 196 Å². The molecule has 2 N–H and O–H groups in total. The second-order valence-corrected chi connectivity index (χ2v) is 9.20. The van der Waals surface area contributed by atoms with Gasteiger partial charge in [0, 0.05) is 5.56 Å². The second-order valence-electron chi connectivity index (χ2n) is 9.20. The lowest BCUT2D eigenvalue weighted by molar-refractivity contribution is 0.142. The van der Waals surface area contributed by atoms with Gasteiger partial charge in [-0.3, -0.25) is 0 Å². The Kier molecular flexibility index (Phi) is 15.8. The van der Waals surface area contributed by atoms with Crippen LogP contribution in [0.4, 0.5) is 4.79 Å². The fourth-order valence-electron chi connectivity index (χ4n) is 4.50. The lowest BCUT2D eigenvalue weighted by Gasteiger charge is -2.19. The number of aromatic hydroxyl groups is 1. The van der Waals surface area contributed by atoms with E-state index in [9.17, 15) is 15.0 Å². The van der Waals surface area contributed by atoms with Gasteiger partial charge in [-0.25, -0.2) is 4.79 Å². The Morgan fingerprint density at radius 2 is 1.12 bits per heavy atom. The summed E-state index contributed by atoms with van der Waals surface area (Å²) in [6, 6.07) is 1.80. The number of phenolic OH excluding ortho intramolecular Hbond substituents is 1. The first-order valence-electron chi connectivity index (χ1n) is 13.3. The molecule has 0 aliphatic carbocycles. The van der Waals surface area contributed by atoms with Crippen LogP contribution in [0.1, 0.15) is 134 Å². The number of hydrogen-bond acceptors (Lipinski definition) is 3. The van der Waals surface area contributed by atoms with Gasteiger partial charge in [0.05, 0.1) is 0 Å². The highest BCUT2D eigenvalue weighted by atomic mass is 16.7. The summed E-state index contributed by atoms with van der Waals surface area (Å²) in [4.78, 5) is 11.2. The Hall–Kier alpha value is -1.71. The molecule has 1 rings (SSSR count). The highest BCUT2D eigenvalue weighted by molar-refractivity contribution is 5.65. The molecule has 0 aliphatic heterocycles. The molecule has 4 nitrogen and oxygen atoms in total. The van der Waals surface area contributed by atoms with Crippen LogP contribution in [-0.2, 0) is 19.3 Å². The zero-order valence-corrected chi connectivity index (χ0v) is 21.0. The molecule has 0 aliphatic rings. The smallest absolute Gasteiger partial charge is 0.504 e. The van der Waals surface area contributed by atoms with Crippen LogP contribution in [0.25, 0.3) is 0 Å². The molecule has 4 heteroatoms. The van der Waals surface area contributed by atoms with Crippen LogP contribution in [-0.4, -0.2) is 16.4 Å². The minimum atomic E-state index is -1.37. The normalized spacial score (nSPS) is 11.1. The molecular weight excluding hydrogens is 400 g/mol. The molecule has 0 aromatic heterocycles. The Morgan fingerprint density at radius 1 is 0.688 bits per heavy atom. The van der Waals surface area contributed by atoms with E-state index in [1.165, 1.54) is 81.8 Å². The summed E-state index contributed by atoms with van der Waals surface area (Å²) in [7, 11) is 0. The van der Waals surface area contributed by atoms with Crippen LogP contribution in [0.3, 0.4) is 0 Å². The molecule has 0 spiro atoms. The number of carboxylic acid groups (broad SMARTS) is 1. The number of hydrogen-bond donors (Lipinski definition) is 2. The number of rotatable bonds is 19. The summed E-state index contributed by atoms with van der Waals surface area (Å²) in [6.07, 6.45) is 19.2. The third kappa shape index (κ3) is 11.2. The van der Waals surface area contributed by atoms with Gasteiger partial charge in [0.15, 0.2) is 11.5 Å². The molecule has 0 atom stereocenters. The molecule has 0 radical (unpaired) electrons. The van der Waals surface area contributed by atoms with E-state index >= 15 is 0 Å². The van der Waals surface area contributed by atoms with Crippen molar-refractivity contribution in [2.45, 2.75) is 136 Å². The molecule has 184 valence electrons. The van der Waals surface area contributed by atoms with Gasteiger partial charge in [-0.2, -0.15) is 0 Å². The van der Waals surface area contributed by atoms with Crippen molar-refractivity contribution in [3.05, 3.63) is 22.8 Å². The van der Waals surface area contributed by atoms with Gasteiger partial charge in [0.2, 0.25) is 0 Å². The topological polar surface area (TPSA) is 66.8 Å². The lowest BCUT2D eigenvalue weighted by atomic mass is 9.89. The van der Waals surface area contributed by atoms with Crippen molar-refractivity contribution in [1.82, 2.24) is 0 Å². The van der Waals surface area contributed by atoms with E-state index in [0.29, 0.717) is 0 Å². The van der Waals surface area contributed by atoms with E-state index < -0.39 is 6.16 Å². The summed E-state index contributed by atoms with van der Waals surface area (Å²) in [6.45, 7) is 6.66. The zero-order chi connectivity index (χ0) is 23.6. The van der Waals surface area contributed by atoms with E-state index in [1.54, 1.807) is 6.07 Å². The van der Waals surface area contributed by atoms with Crippen LogP contribution in [0, 0.1) is 0 Å². The molecule has 0 saturated carbocycles. The predicted molar refractivity (Wildman–Crippen MR) is 134 cm³/mol. The summed E-state index contributed by atoms with van der Waals surface area (Å²) < 4.78 is 5.00. The van der Waals surface area contributed by atoms with Gasteiger partial charge >= 0.3 is 6.16 Å². The maximum Gasteiger partial charge on any atom is 0.511 e. The first-order chi connectivity index (χ1) is 15.5. The number of aryl methyl sites for hydroxylation is 1. The lowest BCUT2D eigenvalue weighted by Crippen LogP contribution is -2.08. The highest BCUT2D eigenvalue weighted by Gasteiger charge is 2.20. The summed E-state index contributed by atoms with van der Waals surface area (Å²) in [5.41, 5.74) is 3.36. The van der Waals surface area contributed by atoms with Crippen LogP contribution < -0.4 is 4.74 Å².